The molecule has 2 aliphatic rings. The molecular weight excluding hydrogens is 440 g/mol. The number of benzene rings is 1. The number of anilines is 2. The molecule has 2 unspecified atom stereocenters. The van der Waals surface area contributed by atoms with Crippen LogP contribution in [-0.4, -0.2) is 64.9 Å². The maximum atomic E-state index is 13.7. The number of amides is 2. The van der Waals surface area contributed by atoms with E-state index in [1.807, 2.05) is 29.2 Å². The van der Waals surface area contributed by atoms with E-state index in [4.69, 9.17) is 11.6 Å². The van der Waals surface area contributed by atoms with Gasteiger partial charge in [-0.25, -0.2) is 9.97 Å². The molecule has 2 amide bonds. The fourth-order valence-corrected chi connectivity index (χ4v) is 4.65. The van der Waals surface area contributed by atoms with Crippen molar-refractivity contribution >= 4 is 35.1 Å². The first kappa shape index (κ1) is 23.4. The van der Waals surface area contributed by atoms with E-state index in [1.165, 1.54) is 6.33 Å². The van der Waals surface area contributed by atoms with E-state index in [2.05, 4.69) is 46.3 Å². The van der Waals surface area contributed by atoms with Crippen molar-refractivity contribution in [1.82, 2.24) is 20.2 Å². The second kappa shape index (κ2) is 10.1. The first-order valence-corrected chi connectivity index (χ1v) is 11.9. The Morgan fingerprint density at radius 1 is 1.21 bits per heavy atom. The SMILES string of the molecule is CC(C)NCC(C(=O)N1CCN(c2ncnc3c2CCC(=O)N3)CC1C)c1ccc(Cl)cc1. The third-order valence-corrected chi connectivity index (χ3v) is 6.55. The lowest BCUT2D eigenvalue weighted by atomic mass is 9.95. The summed E-state index contributed by atoms with van der Waals surface area (Å²) in [4.78, 5) is 38.4. The molecule has 2 atom stereocenters. The van der Waals surface area contributed by atoms with Crippen molar-refractivity contribution in [1.29, 1.82) is 0 Å². The molecule has 9 heteroatoms. The molecule has 3 heterocycles. The van der Waals surface area contributed by atoms with Crippen LogP contribution in [0.2, 0.25) is 5.02 Å². The molecule has 33 heavy (non-hydrogen) atoms. The Bertz CT molecular complexity index is 1010. The monoisotopic (exact) mass is 470 g/mol. The summed E-state index contributed by atoms with van der Waals surface area (Å²) in [5.74, 6) is 1.29. The van der Waals surface area contributed by atoms with E-state index < -0.39 is 0 Å². The second-order valence-electron chi connectivity index (χ2n) is 9.07. The van der Waals surface area contributed by atoms with Crippen LogP contribution in [0.15, 0.2) is 30.6 Å². The van der Waals surface area contributed by atoms with Crippen molar-refractivity contribution in [3.05, 3.63) is 46.7 Å². The lowest BCUT2D eigenvalue weighted by Crippen LogP contribution is -2.56. The van der Waals surface area contributed by atoms with E-state index in [0.717, 1.165) is 16.9 Å². The molecule has 0 radical (unpaired) electrons. The Morgan fingerprint density at radius 2 is 1.97 bits per heavy atom. The lowest BCUT2D eigenvalue weighted by molar-refractivity contribution is -0.135. The van der Waals surface area contributed by atoms with Crippen molar-refractivity contribution in [3.63, 3.8) is 0 Å². The number of hydrogen-bond acceptors (Lipinski definition) is 6. The molecule has 0 spiro atoms. The van der Waals surface area contributed by atoms with Crippen molar-refractivity contribution in [3.8, 4) is 0 Å². The van der Waals surface area contributed by atoms with Crippen LogP contribution in [0, 0.1) is 0 Å². The molecule has 0 saturated carbocycles. The van der Waals surface area contributed by atoms with Crippen LogP contribution in [0.25, 0.3) is 0 Å². The number of aromatic nitrogens is 2. The van der Waals surface area contributed by atoms with Gasteiger partial charge in [-0.2, -0.15) is 0 Å². The van der Waals surface area contributed by atoms with Gasteiger partial charge in [0.2, 0.25) is 11.8 Å². The third-order valence-electron chi connectivity index (χ3n) is 6.29. The minimum Gasteiger partial charge on any atom is -0.352 e. The minimum absolute atomic E-state index is 0.0146. The lowest BCUT2D eigenvalue weighted by Gasteiger charge is -2.42. The number of carbonyl (C=O) groups is 2. The average molecular weight is 471 g/mol. The summed E-state index contributed by atoms with van der Waals surface area (Å²) < 4.78 is 0. The van der Waals surface area contributed by atoms with Gasteiger partial charge in [0.25, 0.3) is 0 Å². The van der Waals surface area contributed by atoms with Crippen LogP contribution in [-0.2, 0) is 16.0 Å². The summed E-state index contributed by atoms with van der Waals surface area (Å²) >= 11 is 6.08. The largest absolute Gasteiger partial charge is 0.352 e. The van der Waals surface area contributed by atoms with Gasteiger partial charge in [-0.15, -0.1) is 0 Å². The maximum Gasteiger partial charge on any atom is 0.231 e. The van der Waals surface area contributed by atoms with Gasteiger partial charge in [-0.3, -0.25) is 9.59 Å². The molecule has 4 rings (SSSR count). The molecule has 1 saturated heterocycles. The highest BCUT2D eigenvalue weighted by molar-refractivity contribution is 6.30. The van der Waals surface area contributed by atoms with Crippen LogP contribution >= 0.6 is 11.6 Å². The number of nitrogens with zero attached hydrogens (tertiary/aromatic N) is 4. The Balaban J connectivity index is 1.50. The first-order valence-electron chi connectivity index (χ1n) is 11.5. The number of carbonyl (C=O) groups excluding carboxylic acids is 2. The first-order chi connectivity index (χ1) is 15.8. The van der Waals surface area contributed by atoms with Crippen molar-refractivity contribution < 1.29 is 9.59 Å². The molecular formula is C24H31ClN6O2. The van der Waals surface area contributed by atoms with E-state index in [0.29, 0.717) is 49.9 Å². The zero-order valence-electron chi connectivity index (χ0n) is 19.3. The highest BCUT2D eigenvalue weighted by Gasteiger charge is 2.34. The van der Waals surface area contributed by atoms with Gasteiger partial charge in [0.05, 0.1) is 5.92 Å². The van der Waals surface area contributed by atoms with Gasteiger partial charge >= 0.3 is 0 Å². The molecule has 0 bridgehead atoms. The summed E-state index contributed by atoms with van der Waals surface area (Å²) in [6.07, 6.45) is 2.56. The van der Waals surface area contributed by atoms with Gasteiger partial charge in [-0.1, -0.05) is 37.6 Å². The molecule has 8 nitrogen and oxygen atoms in total. The highest BCUT2D eigenvalue weighted by Crippen LogP contribution is 2.30. The average Bonchev–Trinajstić information content (AvgIpc) is 2.79. The standard InChI is InChI=1S/C24H31ClN6O2/c1-15(2)26-12-20(17-4-6-18(25)7-5-17)24(33)31-11-10-30(13-16(31)3)23-19-8-9-21(32)29-22(19)27-14-28-23/h4-7,14-16,20,26H,8-13H2,1-3H3,(H,27,28,29,32). The predicted octanol–water partition coefficient (Wildman–Crippen LogP) is 2.83. The molecule has 176 valence electrons. The number of halogens is 1. The summed E-state index contributed by atoms with van der Waals surface area (Å²) in [5, 5.41) is 6.92. The minimum atomic E-state index is -0.277. The topological polar surface area (TPSA) is 90.5 Å². The quantitative estimate of drug-likeness (QED) is 0.674. The van der Waals surface area contributed by atoms with Crippen LogP contribution in [0.4, 0.5) is 11.6 Å². The molecule has 1 aromatic heterocycles. The highest BCUT2D eigenvalue weighted by atomic mass is 35.5. The van der Waals surface area contributed by atoms with Gasteiger partial charge in [-0.05, 0) is 31.0 Å². The summed E-state index contributed by atoms with van der Waals surface area (Å²) in [5.41, 5.74) is 1.94. The smallest absolute Gasteiger partial charge is 0.231 e. The Kier molecular flexibility index (Phi) is 7.14. The van der Waals surface area contributed by atoms with E-state index in [-0.39, 0.29) is 29.8 Å². The maximum absolute atomic E-state index is 13.7. The van der Waals surface area contributed by atoms with Crippen molar-refractivity contribution in [2.75, 3.05) is 36.4 Å². The van der Waals surface area contributed by atoms with E-state index >= 15 is 0 Å². The fourth-order valence-electron chi connectivity index (χ4n) is 4.52. The van der Waals surface area contributed by atoms with Gasteiger partial charge < -0.3 is 20.4 Å². The van der Waals surface area contributed by atoms with Gasteiger partial charge in [0.1, 0.15) is 18.0 Å². The van der Waals surface area contributed by atoms with E-state index in [1.54, 1.807) is 0 Å². The molecule has 2 N–H and O–H groups in total. The summed E-state index contributed by atoms with van der Waals surface area (Å²) in [6.45, 7) is 8.77. The number of rotatable bonds is 6. The zero-order valence-corrected chi connectivity index (χ0v) is 20.1. The number of piperazine rings is 1. The number of nitrogens with one attached hydrogen (secondary N) is 2. The fraction of sp³-hybridized carbons (Fsp3) is 0.500. The summed E-state index contributed by atoms with van der Waals surface area (Å²) in [7, 11) is 0. The normalized spacial score (nSPS) is 19.3. The van der Waals surface area contributed by atoms with E-state index in [9.17, 15) is 9.59 Å². The number of hydrogen-bond donors (Lipinski definition) is 2. The van der Waals surface area contributed by atoms with Crippen LogP contribution in [0.1, 0.15) is 44.2 Å². The van der Waals surface area contributed by atoms with Gasteiger partial charge in [0, 0.05) is 55.3 Å². The molecule has 1 aromatic carbocycles. The van der Waals surface area contributed by atoms with Gasteiger partial charge in [0.15, 0.2) is 0 Å². The number of fused-ring (bicyclic) bond motifs is 1. The third kappa shape index (κ3) is 5.28. The van der Waals surface area contributed by atoms with Crippen molar-refractivity contribution in [2.24, 2.45) is 0 Å². The molecule has 0 aliphatic carbocycles. The van der Waals surface area contributed by atoms with Crippen LogP contribution < -0.4 is 15.5 Å². The Labute approximate surface area is 199 Å². The second-order valence-corrected chi connectivity index (χ2v) is 9.50. The Hall–Kier alpha value is -2.71. The molecule has 2 aromatic rings. The van der Waals surface area contributed by atoms with Crippen molar-refractivity contribution in [2.45, 2.75) is 51.6 Å². The molecule has 1 fully saturated rings. The summed E-state index contributed by atoms with van der Waals surface area (Å²) in [6, 6.07) is 7.86. The Morgan fingerprint density at radius 3 is 2.67 bits per heavy atom. The predicted molar refractivity (Wildman–Crippen MR) is 130 cm³/mol. The van der Waals surface area contributed by atoms with Crippen LogP contribution in [0.5, 0.6) is 0 Å². The van der Waals surface area contributed by atoms with Crippen LogP contribution in [0.3, 0.4) is 0 Å². The molecule has 2 aliphatic heterocycles. The zero-order chi connectivity index (χ0) is 23.5.